The summed E-state index contributed by atoms with van der Waals surface area (Å²) in [5.41, 5.74) is 0.233. The summed E-state index contributed by atoms with van der Waals surface area (Å²) in [6.07, 6.45) is 4.63. The third kappa shape index (κ3) is 4.79. The molecule has 1 aliphatic rings. The molecule has 0 spiro atoms. The van der Waals surface area contributed by atoms with Crippen molar-refractivity contribution in [3.63, 3.8) is 0 Å². The van der Waals surface area contributed by atoms with Crippen molar-refractivity contribution in [1.29, 1.82) is 0 Å². The van der Waals surface area contributed by atoms with Gasteiger partial charge in [-0.05, 0) is 41.9 Å². The second-order valence-corrected chi connectivity index (χ2v) is 9.66. The predicted octanol–water partition coefficient (Wildman–Crippen LogP) is 4.78. The summed E-state index contributed by atoms with van der Waals surface area (Å²) in [6, 6.07) is 0.429. The zero-order chi connectivity index (χ0) is 15.8. The van der Waals surface area contributed by atoms with Crippen LogP contribution >= 0.6 is 0 Å². The van der Waals surface area contributed by atoms with Crippen LogP contribution in [0.1, 0.15) is 81.1 Å². The molecule has 1 saturated carbocycles. The Balaban J connectivity index is 2.90. The van der Waals surface area contributed by atoms with Gasteiger partial charge in [-0.2, -0.15) is 0 Å². The van der Waals surface area contributed by atoms with Gasteiger partial charge in [-0.15, -0.1) is 0 Å². The summed E-state index contributed by atoms with van der Waals surface area (Å²) in [4.78, 5) is 12.8. The number of carbonyl (C=O) groups is 1. The van der Waals surface area contributed by atoms with Gasteiger partial charge in [-0.1, -0.05) is 55.4 Å². The second kappa shape index (κ2) is 5.69. The summed E-state index contributed by atoms with van der Waals surface area (Å²) in [5, 5.41) is 3.28. The van der Waals surface area contributed by atoms with E-state index in [9.17, 15) is 4.79 Å². The average molecular weight is 281 g/mol. The third-order valence-electron chi connectivity index (χ3n) is 4.35. The first-order valence-corrected chi connectivity index (χ1v) is 8.13. The average Bonchev–Trinajstić information content (AvgIpc) is 2.03. The first-order valence-electron chi connectivity index (χ1n) is 8.13. The molecule has 0 heterocycles. The van der Waals surface area contributed by atoms with Crippen LogP contribution < -0.4 is 5.32 Å². The van der Waals surface area contributed by atoms with Crippen molar-refractivity contribution in [2.75, 3.05) is 0 Å². The molecule has 1 amide bonds. The molecule has 118 valence electrons. The SMILES string of the molecule is CC(C)(C)CC(C)(C)C(C(=O)NC1CCC1)C(C)(C)C. The van der Waals surface area contributed by atoms with Gasteiger partial charge in [0.2, 0.25) is 5.91 Å². The highest BCUT2D eigenvalue weighted by Crippen LogP contribution is 2.46. The smallest absolute Gasteiger partial charge is 0.224 e. The number of carbonyl (C=O) groups excluding carboxylic acids is 1. The van der Waals surface area contributed by atoms with Crippen LogP contribution in [-0.2, 0) is 4.79 Å². The zero-order valence-corrected chi connectivity index (χ0v) is 14.9. The molecule has 0 bridgehead atoms. The van der Waals surface area contributed by atoms with Crippen LogP contribution in [0.2, 0.25) is 0 Å². The molecular formula is C18H35NO. The first kappa shape index (κ1) is 17.5. The molecule has 2 heteroatoms. The molecule has 0 radical (unpaired) electrons. The zero-order valence-electron chi connectivity index (χ0n) is 14.9. The van der Waals surface area contributed by atoms with Crippen molar-refractivity contribution in [3.8, 4) is 0 Å². The van der Waals surface area contributed by atoms with Gasteiger partial charge >= 0.3 is 0 Å². The highest BCUT2D eigenvalue weighted by Gasteiger charge is 2.45. The maximum atomic E-state index is 12.8. The second-order valence-electron chi connectivity index (χ2n) is 9.66. The lowest BCUT2D eigenvalue weighted by molar-refractivity contribution is -0.136. The normalized spacial score (nSPS) is 19.4. The molecule has 0 aromatic heterocycles. The van der Waals surface area contributed by atoms with E-state index in [2.05, 4.69) is 60.7 Å². The van der Waals surface area contributed by atoms with Crippen molar-refractivity contribution in [2.45, 2.75) is 87.1 Å². The van der Waals surface area contributed by atoms with E-state index in [1.165, 1.54) is 6.42 Å². The van der Waals surface area contributed by atoms with E-state index >= 15 is 0 Å². The van der Waals surface area contributed by atoms with Gasteiger partial charge in [-0.3, -0.25) is 4.79 Å². The molecular weight excluding hydrogens is 246 g/mol. The number of rotatable bonds is 4. The molecule has 0 aromatic carbocycles. The maximum Gasteiger partial charge on any atom is 0.224 e. The molecule has 1 atom stereocenters. The minimum absolute atomic E-state index is 0.00430. The molecule has 1 aliphatic carbocycles. The van der Waals surface area contributed by atoms with Gasteiger partial charge < -0.3 is 5.32 Å². The third-order valence-corrected chi connectivity index (χ3v) is 4.35. The van der Waals surface area contributed by atoms with E-state index < -0.39 is 0 Å². The van der Waals surface area contributed by atoms with Crippen molar-refractivity contribution >= 4 is 5.91 Å². The van der Waals surface area contributed by atoms with Crippen LogP contribution in [0.25, 0.3) is 0 Å². The molecule has 0 saturated heterocycles. The fourth-order valence-electron chi connectivity index (χ4n) is 4.23. The number of amides is 1. The van der Waals surface area contributed by atoms with Crippen LogP contribution in [0.4, 0.5) is 0 Å². The van der Waals surface area contributed by atoms with Gasteiger partial charge in [0, 0.05) is 12.0 Å². The Morgan fingerprint density at radius 3 is 1.85 bits per heavy atom. The summed E-state index contributed by atoms with van der Waals surface area (Å²) in [6.45, 7) is 17.9. The van der Waals surface area contributed by atoms with E-state index in [0.717, 1.165) is 19.3 Å². The van der Waals surface area contributed by atoms with Gasteiger partial charge in [0.25, 0.3) is 0 Å². The van der Waals surface area contributed by atoms with Crippen molar-refractivity contribution in [2.24, 2.45) is 22.2 Å². The van der Waals surface area contributed by atoms with E-state index in [0.29, 0.717) is 6.04 Å². The fourth-order valence-corrected chi connectivity index (χ4v) is 4.23. The fraction of sp³-hybridized carbons (Fsp3) is 0.944. The summed E-state index contributed by atoms with van der Waals surface area (Å²) in [5.74, 6) is 0.311. The predicted molar refractivity (Wildman–Crippen MR) is 86.6 cm³/mol. The molecule has 0 aromatic rings. The first-order chi connectivity index (χ1) is 8.83. The lowest BCUT2D eigenvalue weighted by atomic mass is 9.60. The minimum atomic E-state index is -0.0113. The molecule has 1 N–H and O–H groups in total. The highest BCUT2D eigenvalue weighted by atomic mass is 16.2. The Hall–Kier alpha value is -0.530. The lowest BCUT2D eigenvalue weighted by Crippen LogP contribution is -2.51. The van der Waals surface area contributed by atoms with Crippen LogP contribution in [0, 0.1) is 22.2 Å². The number of hydrogen-bond acceptors (Lipinski definition) is 1. The maximum absolute atomic E-state index is 12.8. The Morgan fingerprint density at radius 1 is 1.05 bits per heavy atom. The van der Waals surface area contributed by atoms with Crippen molar-refractivity contribution in [3.05, 3.63) is 0 Å². The number of nitrogens with one attached hydrogen (secondary N) is 1. The molecule has 20 heavy (non-hydrogen) atoms. The van der Waals surface area contributed by atoms with Gasteiger partial charge in [0.1, 0.15) is 0 Å². The van der Waals surface area contributed by atoms with Crippen LogP contribution in [0.5, 0.6) is 0 Å². The lowest BCUT2D eigenvalue weighted by Gasteiger charge is -2.45. The summed E-state index contributed by atoms with van der Waals surface area (Å²) < 4.78 is 0. The summed E-state index contributed by atoms with van der Waals surface area (Å²) in [7, 11) is 0. The van der Waals surface area contributed by atoms with Crippen LogP contribution in [0.15, 0.2) is 0 Å². The van der Waals surface area contributed by atoms with Crippen LogP contribution in [0.3, 0.4) is 0 Å². The molecule has 0 aliphatic heterocycles. The minimum Gasteiger partial charge on any atom is -0.353 e. The van der Waals surface area contributed by atoms with Crippen LogP contribution in [-0.4, -0.2) is 11.9 Å². The largest absolute Gasteiger partial charge is 0.353 e. The van der Waals surface area contributed by atoms with Crippen molar-refractivity contribution in [1.82, 2.24) is 5.32 Å². The highest BCUT2D eigenvalue weighted by molar-refractivity contribution is 5.80. The quantitative estimate of drug-likeness (QED) is 0.789. The Bertz CT molecular complexity index is 339. The Kier molecular flexibility index (Phi) is 4.99. The van der Waals surface area contributed by atoms with Gasteiger partial charge in [0.15, 0.2) is 0 Å². The topological polar surface area (TPSA) is 29.1 Å². The van der Waals surface area contributed by atoms with E-state index in [1.807, 2.05) is 0 Å². The standard InChI is InChI=1S/C18H35NO/c1-16(2,3)12-18(7,8)14(17(4,5)6)15(20)19-13-10-9-11-13/h13-14H,9-12H2,1-8H3,(H,19,20). The molecule has 1 unspecified atom stereocenters. The Morgan fingerprint density at radius 2 is 1.55 bits per heavy atom. The summed E-state index contributed by atoms with van der Waals surface area (Å²) >= 11 is 0. The van der Waals surface area contributed by atoms with E-state index in [1.54, 1.807) is 0 Å². The van der Waals surface area contributed by atoms with Gasteiger partial charge in [-0.25, -0.2) is 0 Å². The van der Waals surface area contributed by atoms with E-state index in [4.69, 9.17) is 0 Å². The molecule has 2 nitrogen and oxygen atoms in total. The Labute approximate surface area is 126 Å². The molecule has 1 fully saturated rings. The monoisotopic (exact) mass is 281 g/mol. The van der Waals surface area contributed by atoms with Gasteiger partial charge in [0.05, 0.1) is 0 Å². The molecule has 1 rings (SSSR count). The number of hydrogen-bond donors (Lipinski definition) is 1. The van der Waals surface area contributed by atoms with Crippen molar-refractivity contribution < 1.29 is 4.79 Å². The van der Waals surface area contributed by atoms with E-state index in [-0.39, 0.29) is 28.1 Å².